The number of halogens is 3. The van der Waals surface area contributed by atoms with Gasteiger partial charge in [-0.25, -0.2) is 9.88 Å². The normalized spacial score (nSPS) is 13.7. The topological polar surface area (TPSA) is 91.4 Å². The molecule has 0 radical (unpaired) electrons. The van der Waals surface area contributed by atoms with Crippen LogP contribution in [0.5, 0.6) is 0 Å². The molecule has 2 N–H and O–H groups in total. The summed E-state index contributed by atoms with van der Waals surface area (Å²) >= 11 is 19.5. The summed E-state index contributed by atoms with van der Waals surface area (Å²) in [5.74, 6) is -1.67. The van der Waals surface area contributed by atoms with Gasteiger partial charge in [0.15, 0.2) is 5.13 Å². The zero-order valence-electron chi connectivity index (χ0n) is 17.2. The van der Waals surface area contributed by atoms with Gasteiger partial charge in [-0.2, -0.15) is 0 Å². The van der Waals surface area contributed by atoms with Crippen LogP contribution in [0.15, 0.2) is 53.2 Å². The monoisotopic (exact) mass is 520 g/mol. The number of benzene rings is 2. The number of amides is 3. The van der Waals surface area contributed by atoms with Crippen LogP contribution in [0.2, 0.25) is 10.0 Å². The number of carbonyl (C=O) groups is 3. The van der Waals surface area contributed by atoms with E-state index in [-0.39, 0.29) is 32.4 Å². The molecule has 2 heterocycles. The molecule has 1 aliphatic heterocycles. The fraction of sp³-hybridized carbons (Fsp3) is 0.0909. The van der Waals surface area contributed by atoms with Crippen LogP contribution in [0.4, 0.5) is 16.5 Å². The molecule has 33 heavy (non-hydrogen) atoms. The number of rotatable bonds is 5. The highest BCUT2D eigenvalue weighted by molar-refractivity contribution is 7.15. The predicted molar refractivity (Wildman–Crippen MR) is 131 cm³/mol. The minimum Gasteiger partial charge on any atom is -0.350 e. The van der Waals surface area contributed by atoms with Gasteiger partial charge in [-0.05, 0) is 56.3 Å². The van der Waals surface area contributed by atoms with Crippen molar-refractivity contribution in [3.8, 4) is 0 Å². The van der Waals surface area contributed by atoms with Crippen LogP contribution >= 0.6 is 46.1 Å². The average Bonchev–Trinajstić information content (AvgIpc) is 3.17. The summed E-state index contributed by atoms with van der Waals surface area (Å²) < 4.78 is 0. The van der Waals surface area contributed by atoms with E-state index in [0.29, 0.717) is 16.4 Å². The first-order valence-electron chi connectivity index (χ1n) is 9.51. The van der Waals surface area contributed by atoms with E-state index < -0.39 is 11.8 Å². The summed E-state index contributed by atoms with van der Waals surface area (Å²) in [5, 5.41) is 6.40. The van der Waals surface area contributed by atoms with Gasteiger partial charge in [-0.15, -0.1) is 11.3 Å². The highest BCUT2D eigenvalue weighted by Gasteiger charge is 2.39. The molecule has 0 fully saturated rings. The smallest absolute Gasteiger partial charge is 0.283 e. The van der Waals surface area contributed by atoms with Crippen LogP contribution in [0, 0.1) is 13.8 Å². The second-order valence-electron chi connectivity index (χ2n) is 7.08. The van der Waals surface area contributed by atoms with Crippen LogP contribution in [0.1, 0.15) is 20.9 Å². The Bertz CT molecular complexity index is 1300. The largest absolute Gasteiger partial charge is 0.350 e. The third-order valence-corrected chi connectivity index (χ3v) is 6.57. The van der Waals surface area contributed by atoms with Gasteiger partial charge in [0, 0.05) is 26.2 Å². The summed E-state index contributed by atoms with van der Waals surface area (Å²) in [6.45, 7) is 3.80. The molecule has 0 atom stereocenters. The number of thiazole rings is 1. The van der Waals surface area contributed by atoms with Gasteiger partial charge in [0.2, 0.25) is 0 Å². The number of imide groups is 1. The van der Waals surface area contributed by atoms with Crippen LogP contribution in [-0.4, -0.2) is 22.7 Å². The average molecular weight is 522 g/mol. The lowest BCUT2D eigenvalue weighted by Crippen LogP contribution is -2.32. The number of hydrogen-bond acceptors (Lipinski definition) is 6. The zero-order chi connectivity index (χ0) is 23.9. The minimum atomic E-state index is -0.701. The van der Waals surface area contributed by atoms with E-state index in [1.54, 1.807) is 24.3 Å². The second-order valence-corrected chi connectivity index (χ2v) is 9.53. The molecule has 0 saturated carbocycles. The Balaban J connectivity index is 1.50. The molecule has 0 aliphatic carbocycles. The summed E-state index contributed by atoms with van der Waals surface area (Å²) in [4.78, 5) is 44.2. The number of nitrogens with one attached hydrogen (secondary N) is 2. The molecule has 3 aromatic rings. The maximum Gasteiger partial charge on any atom is 0.283 e. The highest BCUT2D eigenvalue weighted by atomic mass is 35.5. The molecule has 4 rings (SSSR count). The lowest BCUT2D eigenvalue weighted by Gasteiger charge is -2.16. The molecule has 168 valence electrons. The molecule has 11 heteroatoms. The van der Waals surface area contributed by atoms with Gasteiger partial charge < -0.3 is 5.32 Å². The summed E-state index contributed by atoms with van der Waals surface area (Å²) in [6, 6.07) is 10.7. The van der Waals surface area contributed by atoms with E-state index in [0.717, 1.165) is 15.5 Å². The second kappa shape index (κ2) is 9.15. The van der Waals surface area contributed by atoms with Crippen molar-refractivity contribution in [2.75, 3.05) is 15.5 Å². The maximum atomic E-state index is 12.9. The predicted octanol–water partition coefficient (Wildman–Crippen LogP) is 5.75. The number of nitrogens with zero attached hydrogens (tertiary/aromatic N) is 2. The highest BCUT2D eigenvalue weighted by Crippen LogP contribution is 2.33. The van der Waals surface area contributed by atoms with Crippen LogP contribution in [-0.2, 0) is 9.59 Å². The number of carbonyl (C=O) groups excluding carboxylic acids is 3. The third kappa shape index (κ3) is 4.74. The van der Waals surface area contributed by atoms with Crippen molar-refractivity contribution >= 4 is 80.4 Å². The summed E-state index contributed by atoms with van der Waals surface area (Å²) in [7, 11) is 0. The Morgan fingerprint density at radius 3 is 2.18 bits per heavy atom. The fourth-order valence-corrected chi connectivity index (χ4v) is 4.60. The van der Waals surface area contributed by atoms with Crippen molar-refractivity contribution in [2.24, 2.45) is 0 Å². The number of hydrogen-bond donors (Lipinski definition) is 2. The molecule has 0 unspecified atom stereocenters. The zero-order valence-corrected chi connectivity index (χ0v) is 20.3. The Labute approximate surface area is 208 Å². The Morgan fingerprint density at radius 2 is 1.61 bits per heavy atom. The van der Waals surface area contributed by atoms with Crippen molar-refractivity contribution in [1.82, 2.24) is 4.98 Å². The van der Waals surface area contributed by atoms with Crippen molar-refractivity contribution in [1.29, 1.82) is 0 Å². The molecule has 0 saturated heterocycles. The van der Waals surface area contributed by atoms with E-state index >= 15 is 0 Å². The maximum absolute atomic E-state index is 12.9. The van der Waals surface area contributed by atoms with E-state index in [4.69, 9.17) is 34.8 Å². The molecule has 1 aliphatic rings. The first-order valence-corrected chi connectivity index (χ1v) is 11.5. The molecular formula is C22H15Cl3N4O3S. The molecule has 2 aromatic carbocycles. The number of anilines is 3. The Kier molecular flexibility index (Phi) is 6.45. The van der Waals surface area contributed by atoms with Crippen LogP contribution < -0.4 is 15.5 Å². The van der Waals surface area contributed by atoms with Crippen LogP contribution in [0.25, 0.3) is 0 Å². The fourth-order valence-electron chi connectivity index (χ4n) is 3.06. The minimum absolute atomic E-state index is 0.0938. The summed E-state index contributed by atoms with van der Waals surface area (Å²) in [5.41, 5.74) is 1.84. The first kappa shape index (κ1) is 23.3. The SMILES string of the molecule is Cc1nc(NC(=O)c2ccc(NC3=C(Cl)C(=O)N(c4cc(Cl)cc(Cl)c4)C3=O)cc2)sc1C. The lowest BCUT2D eigenvalue weighted by atomic mass is 10.2. The molecule has 3 amide bonds. The van der Waals surface area contributed by atoms with E-state index in [2.05, 4.69) is 15.6 Å². The molecule has 1 aromatic heterocycles. The third-order valence-electron chi connectivity index (χ3n) is 4.80. The Morgan fingerprint density at radius 1 is 0.970 bits per heavy atom. The van der Waals surface area contributed by atoms with Crippen molar-refractivity contribution in [3.63, 3.8) is 0 Å². The molecule has 7 nitrogen and oxygen atoms in total. The van der Waals surface area contributed by atoms with Crippen LogP contribution in [0.3, 0.4) is 0 Å². The molecular weight excluding hydrogens is 507 g/mol. The van der Waals surface area contributed by atoms with Crippen molar-refractivity contribution < 1.29 is 14.4 Å². The van der Waals surface area contributed by atoms with Gasteiger partial charge in [-0.3, -0.25) is 19.7 Å². The Hall–Kier alpha value is -2.91. The van der Waals surface area contributed by atoms with Gasteiger partial charge in [-0.1, -0.05) is 34.8 Å². The van der Waals surface area contributed by atoms with Gasteiger partial charge in [0.25, 0.3) is 17.7 Å². The molecule has 0 bridgehead atoms. The van der Waals surface area contributed by atoms with Gasteiger partial charge >= 0.3 is 0 Å². The van der Waals surface area contributed by atoms with E-state index in [1.807, 2.05) is 13.8 Å². The van der Waals surface area contributed by atoms with Crippen molar-refractivity contribution in [3.05, 3.63) is 79.4 Å². The van der Waals surface area contributed by atoms with Crippen molar-refractivity contribution in [2.45, 2.75) is 13.8 Å². The van der Waals surface area contributed by atoms with Gasteiger partial charge in [0.1, 0.15) is 10.7 Å². The first-order chi connectivity index (χ1) is 15.6. The quantitative estimate of drug-likeness (QED) is 0.417. The molecule has 0 spiro atoms. The standard InChI is InChI=1S/C22H15Cl3N4O3S/c1-10-11(2)33-22(26-10)28-19(30)12-3-5-15(6-4-12)27-18-17(25)20(31)29(21(18)32)16-8-13(23)7-14(24)9-16/h3-9,27H,1-2H3,(H,26,28,30). The summed E-state index contributed by atoms with van der Waals surface area (Å²) in [6.07, 6.45) is 0. The number of aryl methyl sites for hydroxylation is 2. The number of aromatic nitrogens is 1. The van der Waals surface area contributed by atoms with E-state index in [1.165, 1.54) is 29.5 Å². The lowest BCUT2D eigenvalue weighted by molar-refractivity contribution is -0.120. The van der Waals surface area contributed by atoms with E-state index in [9.17, 15) is 14.4 Å². The van der Waals surface area contributed by atoms with Gasteiger partial charge in [0.05, 0.1) is 11.4 Å².